The summed E-state index contributed by atoms with van der Waals surface area (Å²) in [6, 6.07) is 18.9. The molecule has 2 aromatic rings. The SMILES string of the molecule is CC(C)CCC[C@@H](C)C1CCC2C3CC=C4C[C@@H](OC(=O)CCC(=O)OC(C)OC(C(=O)OC5CC6CC(C5)C6C5CCCCC5)(c5ccccc5)c5ccccc5)CC[C@]4(C)C3CC[C@@]21C. The van der Waals surface area contributed by atoms with Crippen LogP contribution in [-0.4, -0.2) is 36.4 Å². The number of benzene rings is 2. The Morgan fingerprint density at radius 2 is 1.36 bits per heavy atom. The van der Waals surface area contributed by atoms with Gasteiger partial charge in [0.25, 0.3) is 0 Å². The van der Waals surface area contributed by atoms with Crippen molar-refractivity contribution in [3.63, 3.8) is 0 Å². The van der Waals surface area contributed by atoms with Gasteiger partial charge in [0.05, 0.1) is 12.8 Å². The van der Waals surface area contributed by atoms with E-state index in [2.05, 4.69) is 40.7 Å². The molecule has 7 heteroatoms. The van der Waals surface area contributed by atoms with Crippen molar-refractivity contribution >= 4 is 17.9 Å². The fourth-order valence-electron chi connectivity index (χ4n) is 16.4. The normalized spacial score (nSPS) is 34.6. The van der Waals surface area contributed by atoms with Gasteiger partial charge in [-0.3, -0.25) is 9.59 Å². The highest BCUT2D eigenvalue weighted by Crippen LogP contribution is 2.67. The van der Waals surface area contributed by atoms with Crippen molar-refractivity contribution in [1.82, 2.24) is 0 Å². The molecule has 0 N–H and O–H groups in total. The van der Waals surface area contributed by atoms with Gasteiger partial charge in [-0.05, 0) is 152 Å². The van der Waals surface area contributed by atoms with Gasteiger partial charge in [0.15, 0.2) is 0 Å². The van der Waals surface area contributed by atoms with E-state index in [1.165, 1.54) is 89.0 Å². The second-order valence-corrected chi connectivity index (χ2v) is 24.0. The van der Waals surface area contributed by atoms with Crippen LogP contribution >= 0.6 is 0 Å². The van der Waals surface area contributed by atoms with E-state index in [1.807, 2.05) is 60.7 Å². The molecule has 67 heavy (non-hydrogen) atoms. The maximum absolute atomic E-state index is 14.8. The third-order valence-corrected chi connectivity index (χ3v) is 19.7. The quantitative estimate of drug-likeness (QED) is 0.0676. The van der Waals surface area contributed by atoms with E-state index >= 15 is 0 Å². The molecule has 0 radical (unpaired) electrons. The molecular formula is C60H84O7. The van der Waals surface area contributed by atoms with E-state index in [4.69, 9.17) is 18.9 Å². The highest BCUT2D eigenvalue weighted by molar-refractivity contribution is 5.86. The Hall–Kier alpha value is -3.45. The Kier molecular flexibility index (Phi) is 14.9. The molecular weight excluding hydrogens is 833 g/mol. The summed E-state index contributed by atoms with van der Waals surface area (Å²) in [7, 11) is 0. The van der Waals surface area contributed by atoms with Gasteiger partial charge in [-0.1, -0.05) is 158 Å². The Bertz CT molecular complexity index is 1990. The lowest BCUT2D eigenvalue weighted by molar-refractivity contribution is -0.221. The lowest BCUT2D eigenvalue weighted by atomic mass is 9.47. The number of carbonyl (C=O) groups is 3. The minimum atomic E-state index is -1.67. The predicted octanol–water partition coefficient (Wildman–Crippen LogP) is 14.1. The number of hydrogen-bond acceptors (Lipinski definition) is 7. The number of allylic oxidation sites excluding steroid dienone is 1. The van der Waals surface area contributed by atoms with E-state index < -0.39 is 23.8 Å². The lowest BCUT2D eigenvalue weighted by Crippen LogP contribution is -2.52. The van der Waals surface area contributed by atoms with Crippen molar-refractivity contribution in [3.8, 4) is 0 Å². The first-order valence-corrected chi connectivity index (χ1v) is 27.4. The summed E-state index contributed by atoms with van der Waals surface area (Å²) in [4.78, 5) is 41.7. The fraction of sp³-hybridized carbons (Fsp3) is 0.717. The molecule has 7 unspecified atom stereocenters. The number of carbonyl (C=O) groups excluding carboxylic acids is 3. The zero-order chi connectivity index (χ0) is 46.9. The molecule has 0 amide bonds. The van der Waals surface area contributed by atoms with Gasteiger partial charge in [-0.25, -0.2) is 4.79 Å². The van der Waals surface area contributed by atoms with Gasteiger partial charge in [-0.2, -0.15) is 0 Å². The molecule has 0 saturated heterocycles. The molecule has 0 aromatic heterocycles. The van der Waals surface area contributed by atoms with Crippen LogP contribution in [0.5, 0.6) is 0 Å². The highest BCUT2D eigenvalue weighted by atomic mass is 16.7. The molecule has 11 atom stereocenters. The van der Waals surface area contributed by atoms with Crippen LogP contribution < -0.4 is 0 Å². The summed E-state index contributed by atoms with van der Waals surface area (Å²) < 4.78 is 25.2. The van der Waals surface area contributed by atoms with Gasteiger partial charge in [0.2, 0.25) is 11.9 Å². The Balaban J connectivity index is 0.790. The first-order chi connectivity index (χ1) is 32.3. The fourth-order valence-corrected chi connectivity index (χ4v) is 16.4. The van der Waals surface area contributed by atoms with Crippen LogP contribution in [0, 0.1) is 70.0 Å². The van der Waals surface area contributed by atoms with Gasteiger partial charge in [0.1, 0.15) is 12.2 Å². The molecule has 366 valence electrons. The van der Waals surface area contributed by atoms with Crippen LogP contribution in [0.2, 0.25) is 0 Å². The monoisotopic (exact) mass is 917 g/mol. The van der Waals surface area contributed by atoms with Crippen LogP contribution in [-0.2, 0) is 38.9 Å². The van der Waals surface area contributed by atoms with E-state index in [-0.39, 0.29) is 36.4 Å². The number of hydrogen-bond donors (Lipinski definition) is 0. The molecule has 7 fully saturated rings. The second kappa shape index (κ2) is 20.5. The molecule has 2 bridgehead atoms. The average Bonchev–Trinajstić information content (AvgIpc) is 3.68. The van der Waals surface area contributed by atoms with Crippen LogP contribution in [0.25, 0.3) is 0 Å². The van der Waals surface area contributed by atoms with Crippen molar-refractivity contribution in [3.05, 3.63) is 83.4 Å². The van der Waals surface area contributed by atoms with E-state index in [0.29, 0.717) is 34.3 Å². The smallest absolute Gasteiger partial charge is 0.348 e. The van der Waals surface area contributed by atoms with Crippen LogP contribution in [0.1, 0.15) is 188 Å². The molecule has 7 saturated carbocycles. The van der Waals surface area contributed by atoms with Crippen LogP contribution in [0.15, 0.2) is 72.3 Å². The first kappa shape index (κ1) is 48.6. The van der Waals surface area contributed by atoms with Crippen LogP contribution in [0.4, 0.5) is 0 Å². The molecule has 8 aliphatic carbocycles. The van der Waals surface area contributed by atoms with E-state index in [1.54, 1.807) is 6.92 Å². The third kappa shape index (κ3) is 9.85. The summed E-state index contributed by atoms with van der Waals surface area (Å²) in [6.45, 7) is 14.1. The largest absolute Gasteiger partial charge is 0.462 e. The van der Waals surface area contributed by atoms with Crippen molar-refractivity contribution in [2.75, 3.05) is 0 Å². The first-order valence-electron chi connectivity index (χ1n) is 27.4. The zero-order valence-electron chi connectivity index (χ0n) is 42.1. The van der Waals surface area contributed by atoms with Gasteiger partial charge >= 0.3 is 17.9 Å². The second-order valence-electron chi connectivity index (χ2n) is 24.0. The number of ether oxygens (including phenoxy) is 4. The van der Waals surface area contributed by atoms with Gasteiger partial charge in [-0.15, -0.1) is 0 Å². The molecule has 0 heterocycles. The molecule has 10 rings (SSSR count). The van der Waals surface area contributed by atoms with Crippen molar-refractivity contribution in [1.29, 1.82) is 0 Å². The number of fused-ring (bicyclic) bond motifs is 7. The standard InChI is InChI=1S/C60H84O7/c1-39(2)17-16-18-40(3)51-27-28-52-50-26-25-47-38-48(31-33-58(47,5)53(50)32-34-59(51,52)6)65-55(62)30-29-54(61)64-41(4)67-60(45-21-12-8-13-22-45,46-23-14-9-15-24-46)57(63)66-49-36-43-35-44(37-49)56(43)42-19-10-7-11-20-42/h8-9,12-15,21-25,39-44,48-53,56H,7,10-11,16-20,26-38H2,1-6H3/t40-,41?,43?,44?,48+,49?,50?,51?,52?,53?,56?,58+,59-/m1/s1. The van der Waals surface area contributed by atoms with Crippen LogP contribution in [0.3, 0.4) is 0 Å². The van der Waals surface area contributed by atoms with Crippen molar-refractivity contribution in [2.45, 2.75) is 200 Å². The minimum absolute atomic E-state index is 0.0726. The predicted molar refractivity (Wildman–Crippen MR) is 263 cm³/mol. The van der Waals surface area contributed by atoms with E-state index in [0.717, 1.165) is 80.0 Å². The summed E-state index contributed by atoms with van der Waals surface area (Å²) in [5, 5.41) is 0. The van der Waals surface area contributed by atoms with Crippen molar-refractivity contribution in [2.24, 2.45) is 70.0 Å². The lowest BCUT2D eigenvalue weighted by Gasteiger charge is -2.58. The molecule has 8 aliphatic rings. The highest BCUT2D eigenvalue weighted by Gasteiger charge is 2.59. The zero-order valence-corrected chi connectivity index (χ0v) is 42.1. The van der Waals surface area contributed by atoms with Gasteiger partial charge in [0, 0.05) is 6.42 Å². The minimum Gasteiger partial charge on any atom is -0.462 e. The summed E-state index contributed by atoms with van der Waals surface area (Å²) in [5.74, 6) is 6.10. The molecule has 0 spiro atoms. The average molecular weight is 917 g/mol. The number of esters is 3. The summed E-state index contributed by atoms with van der Waals surface area (Å²) in [6.07, 6.45) is 24.0. The van der Waals surface area contributed by atoms with E-state index in [9.17, 15) is 14.4 Å². The molecule has 2 aromatic carbocycles. The molecule has 0 aliphatic heterocycles. The maximum Gasteiger partial charge on any atom is 0.348 e. The number of rotatable bonds is 17. The Labute approximate surface area is 403 Å². The molecule has 7 nitrogen and oxygen atoms in total. The third-order valence-electron chi connectivity index (χ3n) is 19.7. The maximum atomic E-state index is 14.8. The Morgan fingerprint density at radius 3 is 2.03 bits per heavy atom. The van der Waals surface area contributed by atoms with Crippen molar-refractivity contribution < 1.29 is 33.3 Å². The van der Waals surface area contributed by atoms with Gasteiger partial charge < -0.3 is 18.9 Å². The topological polar surface area (TPSA) is 88.1 Å². The summed E-state index contributed by atoms with van der Waals surface area (Å²) >= 11 is 0. The summed E-state index contributed by atoms with van der Waals surface area (Å²) in [5.41, 5.74) is 1.67. The Morgan fingerprint density at radius 1 is 0.687 bits per heavy atom.